The lowest BCUT2D eigenvalue weighted by molar-refractivity contribution is 0.249. The summed E-state index contributed by atoms with van der Waals surface area (Å²) in [5.41, 5.74) is 0. The Bertz CT molecular complexity index is 330. The van der Waals surface area contributed by atoms with Crippen molar-refractivity contribution in [1.29, 1.82) is 0 Å². The third-order valence-corrected chi connectivity index (χ3v) is 3.64. The quantitative estimate of drug-likeness (QED) is 0.771. The SMILES string of the molecule is CN(C)C1CCN(c2ncc(I)cn2)CC1. The minimum Gasteiger partial charge on any atom is -0.341 e. The number of aromatic nitrogens is 2. The Labute approximate surface area is 110 Å². The molecule has 0 atom stereocenters. The van der Waals surface area contributed by atoms with Gasteiger partial charge in [0.1, 0.15) is 0 Å². The molecule has 1 saturated heterocycles. The van der Waals surface area contributed by atoms with E-state index in [1.807, 2.05) is 12.4 Å². The zero-order valence-corrected chi connectivity index (χ0v) is 11.9. The number of nitrogens with zero attached hydrogens (tertiary/aromatic N) is 4. The molecule has 0 N–H and O–H groups in total. The number of piperidine rings is 1. The standard InChI is InChI=1S/C11H17IN4/c1-15(2)10-3-5-16(6-4-10)11-13-7-9(12)8-14-11/h7-8,10H,3-6H2,1-2H3. The van der Waals surface area contributed by atoms with E-state index < -0.39 is 0 Å². The summed E-state index contributed by atoms with van der Waals surface area (Å²) in [5, 5.41) is 0. The molecule has 1 aliphatic heterocycles. The van der Waals surface area contributed by atoms with Gasteiger partial charge in [-0.25, -0.2) is 9.97 Å². The highest BCUT2D eigenvalue weighted by molar-refractivity contribution is 14.1. The van der Waals surface area contributed by atoms with Gasteiger partial charge in [0.05, 0.1) is 0 Å². The molecule has 5 heteroatoms. The molecule has 0 amide bonds. The van der Waals surface area contributed by atoms with Gasteiger partial charge in [0.2, 0.25) is 5.95 Å². The van der Waals surface area contributed by atoms with Crippen LogP contribution in [0.15, 0.2) is 12.4 Å². The van der Waals surface area contributed by atoms with Crippen molar-refractivity contribution in [3.8, 4) is 0 Å². The van der Waals surface area contributed by atoms with E-state index in [1.54, 1.807) is 0 Å². The van der Waals surface area contributed by atoms with Crippen LogP contribution in [0.2, 0.25) is 0 Å². The van der Waals surface area contributed by atoms with Gasteiger partial charge in [-0.1, -0.05) is 0 Å². The third kappa shape index (κ3) is 2.82. The Morgan fingerprint density at radius 2 is 1.81 bits per heavy atom. The number of halogens is 1. The maximum atomic E-state index is 4.37. The number of hydrogen-bond donors (Lipinski definition) is 0. The molecule has 2 heterocycles. The van der Waals surface area contributed by atoms with Crippen LogP contribution in [0.4, 0.5) is 5.95 Å². The third-order valence-electron chi connectivity index (χ3n) is 3.08. The van der Waals surface area contributed by atoms with E-state index in [0.29, 0.717) is 6.04 Å². The normalized spacial score (nSPS) is 18.1. The molecule has 0 spiro atoms. The van der Waals surface area contributed by atoms with E-state index in [4.69, 9.17) is 0 Å². The van der Waals surface area contributed by atoms with Crippen molar-refractivity contribution in [1.82, 2.24) is 14.9 Å². The Morgan fingerprint density at radius 1 is 1.25 bits per heavy atom. The second kappa shape index (κ2) is 5.27. The van der Waals surface area contributed by atoms with Crippen LogP contribution >= 0.6 is 22.6 Å². The van der Waals surface area contributed by atoms with Crippen molar-refractivity contribution in [3.05, 3.63) is 16.0 Å². The molecule has 16 heavy (non-hydrogen) atoms. The zero-order valence-electron chi connectivity index (χ0n) is 9.73. The molecule has 1 fully saturated rings. The molecule has 0 radical (unpaired) electrons. The van der Waals surface area contributed by atoms with E-state index in [1.165, 1.54) is 12.8 Å². The molecule has 4 nitrogen and oxygen atoms in total. The molecule has 1 aliphatic rings. The van der Waals surface area contributed by atoms with Gasteiger partial charge >= 0.3 is 0 Å². The fourth-order valence-corrected chi connectivity index (χ4v) is 2.33. The first kappa shape index (κ1) is 12.0. The van der Waals surface area contributed by atoms with Gasteiger partial charge < -0.3 is 9.80 Å². The first-order chi connectivity index (χ1) is 7.66. The van der Waals surface area contributed by atoms with E-state index in [0.717, 1.165) is 22.6 Å². The van der Waals surface area contributed by atoms with Gasteiger partial charge in [-0.3, -0.25) is 0 Å². The van der Waals surface area contributed by atoms with Gasteiger partial charge in [0.25, 0.3) is 0 Å². The van der Waals surface area contributed by atoms with E-state index in [-0.39, 0.29) is 0 Å². The van der Waals surface area contributed by atoms with Crippen LogP contribution in [0.5, 0.6) is 0 Å². The van der Waals surface area contributed by atoms with Crippen molar-refractivity contribution in [2.75, 3.05) is 32.1 Å². The predicted molar refractivity (Wildman–Crippen MR) is 73.7 cm³/mol. The van der Waals surface area contributed by atoms with Crippen molar-refractivity contribution in [2.45, 2.75) is 18.9 Å². The Balaban J connectivity index is 1.96. The van der Waals surface area contributed by atoms with Crippen molar-refractivity contribution in [3.63, 3.8) is 0 Å². The van der Waals surface area contributed by atoms with Gasteiger partial charge in [0, 0.05) is 35.1 Å². The molecule has 0 aliphatic carbocycles. The summed E-state index contributed by atoms with van der Waals surface area (Å²) >= 11 is 2.23. The fraction of sp³-hybridized carbons (Fsp3) is 0.636. The minimum atomic E-state index is 0.708. The van der Waals surface area contributed by atoms with E-state index in [2.05, 4.69) is 56.5 Å². The van der Waals surface area contributed by atoms with Gasteiger partial charge in [0.15, 0.2) is 0 Å². The Morgan fingerprint density at radius 3 is 2.31 bits per heavy atom. The average molecular weight is 332 g/mol. The second-order valence-electron chi connectivity index (χ2n) is 4.38. The summed E-state index contributed by atoms with van der Waals surface area (Å²) in [6, 6.07) is 0.708. The highest BCUT2D eigenvalue weighted by atomic mass is 127. The summed E-state index contributed by atoms with van der Waals surface area (Å²) in [7, 11) is 4.31. The topological polar surface area (TPSA) is 32.3 Å². The summed E-state index contributed by atoms with van der Waals surface area (Å²) in [4.78, 5) is 13.3. The van der Waals surface area contributed by atoms with Crippen LogP contribution in [-0.4, -0.2) is 48.1 Å². The lowest BCUT2D eigenvalue weighted by atomic mass is 10.0. The zero-order chi connectivity index (χ0) is 11.5. The summed E-state index contributed by atoms with van der Waals surface area (Å²) in [5.74, 6) is 0.873. The van der Waals surface area contributed by atoms with Crippen molar-refractivity contribution >= 4 is 28.5 Å². The molecule has 0 bridgehead atoms. The van der Waals surface area contributed by atoms with Crippen LogP contribution in [-0.2, 0) is 0 Å². The number of anilines is 1. The van der Waals surface area contributed by atoms with Crippen LogP contribution < -0.4 is 4.90 Å². The van der Waals surface area contributed by atoms with Gasteiger partial charge in [-0.05, 0) is 49.5 Å². The Kier molecular flexibility index (Phi) is 3.96. The molecule has 0 unspecified atom stereocenters. The summed E-state index contributed by atoms with van der Waals surface area (Å²) in [6.07, 6.45) is 6.15. The fourth-order valence-electron chi connectivity index (χ4n) is 2.05. The van der Waals surface area contributed by atoms with Crippen LogP contribution in [0.25, 0.3) is 0 Å². The highest BCUT2D eigenvalue weighted by Crippen LogP contribution is 2.18. The lowest BCUT2D eigenvalue weighted by Crippen LogP contribution is -2.42. The van der Waals surface area contributed by atoms with Crippen LogP contribution in [0, 0.1) is 3.57 Å². The molecule has 0 aromatic carbocycles. The first-order valence-electron chi connectivity index (χ1n) is 5.56. The van der Waals surface area contributed by atoms with E-state index in [9.17, 15) is 0 Å². The molecule has 88 valence electrons. The molecule has 2 rings (SSSR count). The first-order valence-corrected chi connectivity index (χ1v) is 6.63. The summed E-state index contributed by atoms with van der Waals surface area (Å²) in [6.45, 7) is 2.12. The monoisotopic (exact) mass is 332 g/mol. The van der Waals surface area contributed by atoms with E-state index >= 15 is 0 Å². The Hall–Kier alpha value is -0.430. The molecular formula is C11H17IN4. The van der Waals surface area contributed by atoms with Crippen LogP contribution in [0.3, 0.4) is 0 Å². The average Bonchev–Trinajstić information content (AvgIpc) is 2.30. The highest BCUT2D eigenvalue weighted by Gasteiger charge is 2.21. The maximum Gasteiger partial charge on any atom is 0.225 e. The molecule has 1 aromatic rings. The van der Waals surface area contributed by atoms with Gasteiger partial charge in [-0.15, -0.1) is 0 Å². The smallest absolute Gasteiger partial charge is 0.225 e. The molecule has 0 saturated carbocycles. The number of hydrogen-bond acceptors (Lipinski definition) is 4. The summed E-state index contributed by atoms with van der Waals surface area (Å²) < 4.78 is 1.09. The van der Waals surface area contributed by atoms with Crippen LogP contribution in [0.1, 0.15) is 12.8 Å². The minimum absolute atomic E-state index is 0.708. The van der Waals surface area contributed by atoms with Gasteiger partial charge in [-0.2, -0.15) is 0 Å². The van der Waals surface area contributed by atoms with Crippen molar-refractivity contribution in [2.24, 2.45) is 0 Å². The number of rotatable bonds is 2. The molecule has 1 aromatic heterocycles. The van der Waals surface area contributed by atoms with Crippen molar-refractivity contribution < 1.29 is 0 Å². The second-order valence-corrected chi connectivity index (χ2v) is 5.63. The maximum absolute atomic E-state index is 4.37. The molecular weight excluding hydrogens is 315 g/mol. The lowest BCUT2D eigenvalue weighted by Gasteiger charge is -2.35. The largest absolute Gasteiger partial charge is 0.341 e. The predicted octanol–water partition coefficient (Wildman–Crippen LogP) is 1.61.